The van der Waals surface area contributed by atoms with E-state index in [9.17, 15) is 4.79 Å². The minimum absolute atomic E-state index is 0.172. The Kier molecular flexibility index (Phi) is 7.04. The molecule has 142 valence electrons. The zero-order valence-electron chi connectivity index (χ0n) is 15.7. The molecule has 0 unspecified atom stereocenters. The summed E-state index contributed by atoms with van der Waals surface area (Å²) >= 11 is 3.50. The molecule has 0 radical (unpaired) electrons. The highest BCUT2D eigenvalue weighted by molar-refractivity contribution is 9.10. The minimum atomic E-state index is -0.172. The molecule has 1 amide bonds. The van der Waals surface area contributed by atoms with Crippen LogP contribution in [0.3, 0.4) is 0 Å². The molecule has 0 aliphatic carbocycles. The van der Waals surface area contributed by atoms with Gasteiger partial charge in [0.2, 0.25) is 5.91 Å². The number of nitrogens with one attached hydrogen (secondary N) is 1. The maximum atomic E-state index is 12.2. The van der Waals surface area contributed by atoms with Crippen molar-refractivity contribution in [3.8, 4) is 5.75 Å². The second kappa shape index (κ2) is 9.90. The van der Waals surface area contributed by atoms with Gasteiger partial charge in [-0.3, -0.25) is 4.79 Å². The number of aryl methyl sites for hydroxylation is 1. The van der Waals surface area contributed by atoms with Gasteiger partial charge in [0.15, 0.2) is 0 Å². The third kappa shape index (κ3) is 5.83. The van der Waals surface area contributed by atoms with Crippen LogP contribution in [0.5, 0.6) is 5.75 Å². The Hall–Kier alpha value is -2.85. The van der Waals surface area contributed by atoms with Gasteiger partial charge in [-0.25, -0.2) is 0 Å². The van der Waals surface area contributed by atoms with E-state index < -0.39 is 0 Å². The van der Waals surface area contributed by atoms with Gasteiger partial charge in [0.1, 0.15) is 12.4 Å². The third-order valence-corrected chi connectivity index (χ3v) is 4.91. The molecule has 0 heterocycles. The Bertz CT molecular complexity index is 950. The topological polar surface area (TPSA) is 38.3 Å². The van der Waals surface area contributed by atoms with E-state index in [4.69, 9.17) is 4.74 Å². The van der Waals surface area contributed by atoms with Crippen LogP contribution in [-0.4, -0.2) is 5.91 Å². The van der Waals surface area contributed by atoms with E-state index in [0.717, 1.165) is 33.5 Å². The summed E-state index contributed by atoms with van der Waals surface area (Å²) in [4.78, 5) is 12.2. The molecule has 3 aromatic carbocycles. The van der Waals surface area contributed by atoms with Gasteiger partial charge >= 0.3 is 0 Å². The average molecular weight is 436 g/mol. The molecule has 4 heteroatoms. The SMILES string of the molecule is CCc1ccc(NC(=O)/C=C/c2ccc(OCc3ccccc3)cc2)c(Br)c1. The van der Waals surface area contributed by atoms with Crippen LogP contribution >= 0.6 is 15.9 Å². The van der Waals surface area contributed by atoms with Crippen LogP contribution in [0.1, 0.15) is 23.6 Å². The minimum Gasteiger partial charge on any atom is -0.489 e. The van der Waals surface area contributed by atoms with Crippen molar-refractivity contribution in [1.82, 2.24) is 0 Å². The Morgan fingerprint density at radius 1 is 1.00 bits per heavy atom. The molecule has 0 spiro atoms. The van der Waals surface area contributed by atoms with E-state index in [1.807, 2.05) is 72.8 Å². The van der Waals surface area contributed by atoms with Crippen molar-refractivity contribution < 1.29 is 9.53 Å². The summed E-state index contributed by atoms with van der Waals surface area (Å²) in [7, 11) is 0. The number of anilines is 1. The van der Waals surface area contributed by atoms with Crippen LogP contribution in [0, 0.1) is 0 Å². The van der Waals surface area contributed by atoms with Gasteiger partial charge in [-0.05, 0) is 69.4 Å². The molecule has 3 nitrogen and oxygen atoms in total. The van der Waals surface area contributed by atoms with Crippen molar-refractivity contribution in [3.05, 3.63) is 100 Å². The molecule has 0 fully saturated rings. The Balaban J connectivity index is 1.54. The predicted octanol–water partition coefficient (Wildman–Crippen LogP) is 6.24. The zero-order valence-corrected chi connectivity index (χ0v) is 17.3. The molecule has 0 atom stereocenters. The van der Waals surface area contributed by atoms with Gasteiger partial charge in [0, 0.05) is 10.5 Å². The summed E-state index contributed by atoms with van der Waals surface area (Å²) in [5.41, 5.74) is 4.04. The average Bonchev–Trinajstić information content (AvgIpc) is 2.73. The molecular formula is C24H22BrNO2. The first kappa shape index (κ1) is 19.9. The van der Waals surface area contributed by atoms with E-state index in [0.29, 0.717) is 6.61 Å². The van der Waals surface area contributed by atoms with Gasteiger partial charge in [-0.15, -0.1) is 0 Å². The maximum absolute atomic E-state index is 12.2. The number of ether oxygens (including phenoxy) is 1. The Morgan fingerprint density at radius 2 is 1.75 bits per heavy atom. The largest absolute Gasteiger partial charge is 0.489 e. The van der Waals surface area contributed by atoms with E-state index in [-0.39, 0.29) is 5.91 Å². The molecule has 3 aromatic rings. The molecule has 0 aliphatic rings. The number of halogens is 1. The first-order valence-corrected chi connectivity index (χ1v) is 9.97. The highest BCUT2D eigenvalue weighted by atomic mass is 79.9. The first-order chi connectivity index (χ1) is 13.6. The number of amides is 1. The van der Waals surface area contributed by atoms with Crippen LogP contribution in [0.25, 0.3) is 6.08 Å². The lowest BCUT2D eigenvalue weighted by Crippen LogP contribution is -2.08. The number of hydrogen-bond acceptors (Lipinski definition) is 2. The van der Waals surface area contributed by atoms with E-state index in [2.05, 4.69) is 28.2 Å². The van der Waals surface area contributed by atoms with Crippen LogP contribution in [0.4, 0.5) is 5.69 Å². The van der Waals surface area contributed by atoms with Gasteiger partial charge in [-0.2, -0.15) is 0 Å². The van der Waals surface area contributed by atoms with Gasteiger partial charge in [0.25, 0.3) is 0 Å². The second-order valence-corrected chi connectivity index (χ2v) is 7.19. The standard InChI is InChI=1S/C24H22BrNO2/c1-2-18-10-14-23(22(25)16-18)26-24(27)15-11-19-8-12-21(13-9-19)28-17-20-6-4-3-5-7-20/h3-16H,2,17H2,1H3,(H,26,27)/b15-11+. The number of benzene rings is 3. The van der Waals surface area contributed by atoms with Crippen molar-refractivity contribution in [2.75, 3.05) is 5.32 Å². The maximum Gasteiger partial charge on any atom is 0.248 e. The number of hydrogen-bond donors (Lipinski definition) is 1. The van der Waals surface area contributed by atoms with Crippen molar-refractivity contribution in [1.29, 1.82) is 0 Å². The first-order valence-electron chi connectivity index (χ1n) is 9.18. The zero-order chi connectivity index (χ0) is 19.8. The molecule has 0 aromatic heterocycles. The molecule has 1 N–H and O–H groups in total. The smallest absolute Gasteiger partial charge is 0.248 e. The van der Waals surface area contributed by atoms with Gasteiger partial charge < -0.3 is 10.1 Å². The molecular weight excluding hydrogens is 414 g/mol. The van der Waals surface area contributed by atoms with Crippen molar-refractivity contribution >= 4 is 33.6 Å². The monoisotopic (exact) mass is 435 g/mol. The van der Waals surface area contributed by atoms with Crippen LogP contribution in [-0.2, 0) is 17.8 Å². The Morgan fingerprint density at radius 3 is 2.43 bits per heavy atom. The van der Waals surface area contributed by atoms with Gasteiger partial charge in [-0.1, -0.05) is 55.5 Å². The predicted molar refractivity (Wildman–Crippen MR) is 118 cm³/mol. The van der Waals surface area contributed by atoms with Crippen molar-refractivity contribution in [3.63, 3.8) is 0 Å². The van der Waals surface area contributed by atoms with Gasteiger partial charge in [0.05, 0.1) is 5.69 Å². The van der Waals surface area contributed by atoms with Crippen LogP contribution < -0.4 is 10.1 Å². The number of carbonyl (C=O) groups is 1. The van der Waals surface area contributed by atoms with Crippen LogP contribution in [0.15, 0.2) is 83.3 Å². The summed E-state index contributed by atoms with van der Waals surface area (Å²) in [6, 6.07) is 23.6. The highest BCUT2D eigenvalue weighted by Gasteiger charge is 2.04. The molecule has 0 aliphatic heterocycles. The number of rotatable bonds is 7. The van der Waals surface area contributed by atoms with E-state index in [1.165, 1.54) is 11.6 Å². The highest BCUT2D eigenvalue weighted by Crippen LogP contribution is 2.24. The molecule has 0 bridgehead atoms. The number of carbonyl (C=O) groups excluding carboxylic acids is 1. The van der Waals surface area contributed by atoms with Crippen LogP contribution in [0.2, 0.25) is 0 Å². The van der Waals surface area contributed by atoms with Crippen molar-refractivity contribution in [2.24, 2.45) is 0 Å². The lowest BCUT2D eigenvalue weighted by molar-refractivity contribution is -0.111. The summed E-state index contributed by atoms with van der Waals surface area (Å²) in [5.74, 6) is 0.625. The fraction of sp³-hybridized carbons (Fsp3) is 0.125. The van der Waals surface area contributed by atoms with Crippen molar-refractivity contribution in [2.45, 2.75) is 20.0 Å². The molecule has 3 rings (SSSR count). The fourth-order valence-corrected chi connectivity index (χ4v) is 3.17. The normalized spacial score (nSPS) is 10.8. The lowest BCUT2D eigenvalue weighted by Gasteiger charge is -2.07. The molecule has 0 saturated carbocycles. The fourth-order valence-electron chi connectivity index (χ4n) is 2.64. The summed E-state index contributed by atoms with van der Waals surface area (Å²) in [5, 5.41) is 2.88. The quantitative estimate of drug-likeness (QED) is 0.445. The third-order valence-electron chi connectivity index (χ3n) is 4.26. The molecule has 28 heavy (non-hydrogen) atoms. The lowest BCUT2D eigenvalue weighted by atomic mass is 10.1. The second-order valence-electron chi connectivity index (χ2n) is 6.33. The van der Waals surface area contributed by atoms with E-state index >= 15 is 0 Å². The summed E-state index contributed by atoms with van der Waals surface area (Å²) in [6.45, 7) is 2.63. The van der Waals surface area contributed by atoms with E-state index in [1.54, 1.807) is 6.08 Å². The molecule has 0 saturated heterocycles. The summed E-state index contributed by atoms with van der Waals surface area (Å²) < 4.78 is 6.66. The Labute approximate surface area is 174 Å². The summed E-state index contributed by atoms with van der Waals surface area (Å²) in [6.07, 6.45) is 4.27.